The fourth-order valence-electron chi connectivity index (χ4n) is 0.312. The molecule has 0 heterocycles. The molecular weight excluding hydrogens is 128 g/mol. The van der Waals surface area contributed by atoms with Gasteiger partial charge in [0.1, 0.15) is 0 Å². The molecule has 10 heavy (non-hydrogen) atoms. The number of allylic oxidation sites excluding steroid dienone is 1. The molecule has 0 radical (unpaired) electrons. The van der Waals surface area contributed by atoms with Gasteiger partial charge in [0, 0.05) is 6.08 Å². The molecule has 0 spiro atoms. The van der Waals surface area contributed by atoms with E-state index in [4.69, 9.17) is 0 Å². The molecule has 0 aromatic rings. The van der Waals surface area contributed by atoms with E-state index in [9.17, 15) is 4.79 Å². The standard InChI is InChI=1S/C8H12O2/c1-4-8(9)10-6-5-7(2)3/h4-7H,1H2,2-3H3. The van der Waals surface area contributed by atoms with Gasteiger partial charge in [-0.2, -0.15) is 0 Å². The fourth-order valence-corrected chi connectivity index (χ4v) is 0.312. The lowest BCUT2D eigenvalue weighted by Gasteiger charge is -1.93. The summed E-state index contributed by atoms with van der Waals surface area (Å²) in [5.41, 5.74) is 0. The minimum absolute atomic E-state index is 0.401. The van der Waals surface area contributed by atoms with Crippen molar-refractivity contribution in [2.45, 2.75) is 13.8 Å². The van der Waals surface area contributed by atoms with Crippen LogP contribution in [-0.4, -0.2) is 5.97 Å². The van der Waals surface area contributed by atoms with Crippen LogP contribution in [0, 0.1) is 5.92 Å². The summed E-state index contributed by atoms with van der Waals surface area (Å²) < 4.78 is 4.56. The van der Waals surface area contributed by atoms with Gasteiger partial charge in [-0.1, -0.05) is 20.4 Å². The van der Waals surface area contributed by atoms with Crippen LogP contribution < -0.4 is 0 Å². The van der Waals surface area contributed by atoms with Gasteiger partial charge in [0.25, 0.3) is 0 Å². The lowest BCUT2D eigenvalue weighted by molar-refractivity contribution is -0.132. The molecule has 2 heteroatoms. The number of esters is 1. The van der Waals surface area contributed by atoms with Crippen LogP contribution in [0.3, 0.4) is 0 Å². The minimum atomic E-state index is -0.420. The highest BCUT2D eigenvalue weighted by Crippen LogP contribution is 1.93. The Morgan fingerprint density at radius 2 is 2.20 bits per heavy atom. The van der Waals surface area contributed by atoms with Crippen molar-refractivity contribution in [1.29, 1.82) is 0 Å². The molecule has 0 unspecified atom stereocenters. The van der Waals surface area contributed by atoms with Gasteiger partial charge < -0.3 is 4.74 Å². The SMILES string of the molecule is C=CC(=O)OC=CC(C)C. The first kappa shape index (κ1) is 8.95. The Balaban J connectivity index is 3.53. The van der Waals surface area contributed by atoms with Crippen molar-refractivity contribution < 1.29 is 9.53 Å². The number of carbonyl (C=O) groups is 1. The van der Waals surface area contributed by atoms with E-state index in [1.54, 1.807) is 6.08 Å². The third-order valence-electron chi connectivity index (χ3n) is 0.814. The second-order valence-corrected chi connectivity index (χ2v) is 2.21. The Bertz CT molecular complexity index is 145. The first-order chi connectivity index (χ1) is 4.66. The Morgan fingerprint density at radius 1 is 1.60 bits per heavy atom. The molecule has 0 N–H and O–H groups in total. The minimum Gasteiger partial charge on any atom is -0.432 e. The maximum absolute atomic E-state index is 10.4. The molecule has 0 aromatic carbocycles. The van der Waals surface area contributed by atoms with Gasteiger partial charge in [-0.15, -0.1) is 0 Å². The predicted octanol–water partition coefficient (Wildman–Crippen LogP) is 1.89. The van der Waals surface area contributed by atoms with Crippen LogP contribution in [0.1, 0.15) is 13.8 Å². The molecule has 0 aromatic heterocycles. The molecule has 0 fully saturated rings. The zero-order valence-corrected chi connectivity index (χ0v) is 6.33. The van der Waals surface area contributed by atoms with Gasteiger partial charge in [0.15, 0.2) is 0 Å². The normalized spacial score (nSPS) is 10.3. The van der Waals surface area contributed by atoms with E-state index in [-0.39, 0.29) is 0 Å². The summed E-state index contributed by atoms with van der Waals surface area (Å²) in [6.07, 6.45) is 4.31. The number of hydrogen-bond donors (Lipinski definition) is 0. The summed E-state index contributed by atoms with van der Waals surface area (Å²) in [4.78, 5) is 10.4. The van der Waals surface area contributed by atoms with Crippen LogP contribution >= 0.6 is 0 Å². The second-order valence-electron chi connectivity index (χ2n) is 2.21. The highest BCUT2D eigenvalue weighted by molar-refractivity contribution is 5.81. The van der Waals surface area contributed by atoms with Crippen LogP contribution in [0.5, 0.6) is 0 Å². The highest BCUT2D eigenvalue weighted by atomic mass is 16.5. The summed E-state index contributed by atoms with van der Waals surface area (Å²) >= 11 is 0. The van der Waals surface area contributed by atoms with Crippen molar-refractivity contribution in [1.82, 2.24) is 0 Å². The van der Waals surface area contributed by atoms with Gasteiger partial charge in [0.05, 0.1) is 6.26 Å². The van der Waals surface area contributed by atoms with Crippen LogP contribution in [0.2, 0.25) is 0 Å². The monoisotopic (exact) mass is 140 g/mol. The number of ether oxygens (including phenoxy) is 1. The average molecular weight is 140 g/mol. The van der Waals surface area contributed by atoms with E-state index in [0.717, 1.165) is 6.08 Å². The molecule has 0 atom stereocenters. The van der Waals surface area contributed by atoms with Crippen molar-refractivity contribution in [3.05, 3.63) is 25.0 Å². The van der Waals surface area contributed by atoms with Crippen molar-refractivity contribution in [2.75, 3.05) is 0 Å². The maximum Gasteiger partial charge on any atom is 0.334 e. The van der Waals surface area contributed by atoms with Gasteiger partial charge in [-0.05, 0) is 12.0 Å². The van der Waals surface area contributed by atoms with Crippen LogP contribution in [0.4, 0.5) is 0 Å². The third-order valence-corrected chi connectivity index (χ3v) is 0.814. The molecule has 0 aliphatic rings. The summed E-state index contributed by atoms with van der Waals surface area (Å²) in [6.45, 7) is 7.25. The van der Waals surface area contributed by atoms with Crippen LogP contribution in [0.25, 0.3) is 0 Å². The maximum atomic E-state index is 10.4. The highest BCUT2D eigenvalue weighted by Gasteiger charge is 1.89. The Kier molecular flexibility index (Phi) is 4.29. The molecule has 2 nitrogen and oxygen atoms in total. The predicted molar refractivity (Wildman–Crippen MR) is 40.3 cm³/mol. The number of rotatable bonds is 3. The lowest BCUT2D eigenvalue weighted by atomic mass is 10.2. The smallest absolute Gasteiger partial charge is 0.334 e. The molecule has 56 valence electrons. The van der Waals surface area contributed by atoms with Gasteiger partial charge in [-0.25, -0.2) is 4.79 Å². The first-order valence-corrected chi connectivity index (χ1v) is 3.16. The van der Waals surface area contributed by atoms with E-state index in [1.165, 1.54) is 6.26 Å². The van der Waals surface area contributed by atoms with Crippen molar-refractivity contribution in [2.24, 2.45) is 5.92 Å². The van der Waals surface area contributed by atoms with E-state index < -0.39 is 5.97 Å². The molecule has 0 aliphatic heterocycles. The molecule has 0 rings (SSSR count). The summed E-state index contributed by atoms with van der Waals surface area (Å²) in [7, 11) is 0. The first-order valence-electron chi connectivity index (χ1n) is 3.16. The zero-order chi connectivity index (χ0) is 7.98. The van der Waals surface area contributed by atoms with Crippen molar-refractivity contribution >= 4 is 5.97 Å². The second kappa shape index (κ2) is 4.79. The van der Waals surface area contributed by atoms with E-state index in [1.807, 2.05) is 13.8 Å². The van der Waals surface area contributed by atoms with Crippen molar-refractivity contribution in [3.8, 4) is 0 Å². The molecular formula is C8H12O2. The number of hydrogen-bond acceptors (Lipinski definition) is 2. The molecule has 0 amide bonds. The Labute approximate surface area is 61.2 Å². The van der Waals surface area contributed by atoms with Crippen LogP contribution in [0.15, 0.2) is 25.0 Å². The summed E-state index contributed by atoms with van der Waals surface area (Å²) in [6, 6.07) is 0. The van der Waals surface area contributed by atoms with Crippen LogP contribution in [-0.2, 0) is 9.53 Å². The fraction of sp³-hybridized carbons (Fsp3) is 0.375. The average Bonchev–Trinajstić information content (AvgIpc) is 1.87. The summed E-state index contributed by atoms with van der Waals surface area (Å²) in [5, 5.41) is 0. The Morgan fingerprint density at radius 3 is 2.60 bits per heavy atom. The largest absolute Gasteiger partial charge is 0.432 e. The van der Waals surface area contributed by atoms with E-state index in [2.05, 4.69) is 11.3 Å². The summed E-state index contributed by atoms with van der Waals surface area (Å²) in [5.74, 6) is -0.0190. The quantitative estimate of drug-likeness (QED) is 0.340. The molecule has 0 saturated carbocycles. The lowest BCUT2D eigenvalue weighted by Crippen LogP contribution is -1.92. The van der Waals surface area contributed by atoms with Crippen molar-refractivity contribution in [3.63, 3.8) is 0 Å². The van der Waals surface area contributed by atoms with E-state index in [0.29, 0.717) is 5.92 Å². The zero-order valence-electron chi connectivity index (χ0n) is 6.33. The number of carbonyl (C=O) groups excluding carboxylic acids is 1. The Hall–Kier alpha value is -1.05. The molecule has 0 aliphatic carbocycles. The van der Waals surface area contributed by atoms with Gasteiger partial charge >= 0.3 is 5.97 Å². The molecule has 0 saturated heterocycles. The molecule has 0 bridgehead atoms. The van der Waals surface area contributed by atoms with Gasteiger partial charge in [-0.3, -0.25) is 0 Å². The third kappa shape index (κ3) is 5.09. The van der Waals surface area contributed by atoms with E-state index >= 15 is 0 Å². The van der Waals surface area contributed by atoms with Gasteiger partial charge in [0.2, 0.25) is 0 Å². The topological polar surface area (TPSA) is 26.3 Å².